The maximum atomic E-state index is 9.77. The molecule has 22 heavy (non-hydrogen) atoms. The van der Waals surface area contributed by atoms with Crippen molar-refractivity contribution in [1.82, 2.24) is 5.32 Å². The van der Waals surface area contributed by atoms with Crippen LogP contribution in [0.1, 0.15) is 11.7 Å². The SMILES string of the molecule is CNC[C@H](O)c1cccc(O)c1.O=C(O)[C@@H](O)[C@H](O)C(=O)O. The highest BCUT2D eigenvalue weighted by Crippen LogP contribution is 2.17. The molecule has 1 rings (SSSR count). The highest BCUT2D eigenvalue weighted by molar-refractivity contribution is 5.83. The highest BCUT2D eigenvalue weighted by atomic mass is 16.4. The number of aliphatic hydroxyl groups is 3. The lowest BCUT2D eigenvalue weighted by Crippen LogP contribution is -2.39. The van der Waals surface area contributed by atoms with Gasteiger partial charge in [0.1, 0.15) is 5.75 Å². The number of likely N-dealkylation sites (N-methyl/N-ethyl adjacent to an activating group) is 1. The minimum atomic E-state index is -2.27. The minimum absolute atomic E-state index is 0.183. The number of rotatable bonds is 6. The molecule has 0 spiro atoms. The third-order valence-electron chi connectivity index (χ3n) is 2.46. The lowest BCUT2D eigenvalue weighted by atomic mass is 10.1. The molecule has 0 saturated carbocycles. The monoisotopic (exact) mass is 317 g/mol. The zero-order valence-corrected chi connectivity index (χ0v) is 11.7. The van der Waals surface area contributed by atoms with Crippen LogP contribution in [0, 0.1) is 0 Å². The van der Waals surface area contributed by atoms with Crippen molar-refractivity contribution in [3.8, 4) is 5.75 Å². The van der Waals surface area contributed by atoms with Crippen LogP contribution in [0.4, 0.5) is 0 Å². The van der Waals surface area contributed by atoms with E-state index in [1.54, 1.807) is 31.3 Å². The van der Waals surface area contributed by atoms with Gasteiger partial charge in [0.05, 0.1) is 6.10 Å². The number of benzene rings is 1. The Morgan fingerprint density at radius 2 is 1.59 bits per heavy atom. The fraction of sp³-hybridized carbons (Fsp3) is 0.385. The molecule has 7 N–H and O–H groups in total. The van der Waals surface area contributed by atoms with Gasteiger partial charge < -0.3 is 36.0 Å². The molecule has 0 aliphatic rings. The Kier molecular flexibility index (Phi) is 8.72. The Hall–Kier alpha value is -2.20. The third kappa shape index (κ3) is 6.99. The number of phenols is 1. The molecule has 0 unspecified atom stereocenters. The molecule has 1 aromatic rings. The normalized spacial score (nSPS) is 14.2. The summed E-state index contributed by atoms with van der Waals surface area (Å²) in [6, 6.07) is 6.63. The number of carboxylic acid groups (broad SMARTS) is 2. The number of hydrogen-bond acceptors (Lipinski definition) is 7. The number of aliphatic hydroxyl groups excluding tert-OH is 3. The van der Waals surface area contributed by atoms with Crippen LogP contribution in [0.15, 0.2) is 24.3 Å². The number of aromatic hydroxyl groups is 1. The predicted molar refractivity (Wildman–Crippen MR) is 74.3 cm³/mol. The van der Waals surface area contributed by atoms with Crippen molar-refractivity contribution in [2.24, 2.45) is 0 Å². The smallest absolute Gasteiger partial charge is 0.335 e. The second-order valence-corrected chi connectivity index (χ2v) is 4.23. The molecule has 0 saturated heterocycles. The van der Waals surface area contributed by atoms with E-state index in [2.05, 4.69) is 5.32 Å². The predicted octanol–water partition coefficient (Wildman–Crippen LogP) is -1.48. The van der Waals surface area contributed by atoms with Crippen LogP contribution in [0.25, 0.3) is 0 Å². The molecule has 3 atom stereocenters. The number of carbonyl (C=O) groups is 2. The number of nitrogens with one attached hydrogen (secondary N) is 1. The molecule has 1 aromatic carbocycles. The number of hydrogen-bond donors (Lipinski definition) is 7. The summed E-state index contributed by atoms with van der Waals surface area (Å²) >= 11 is 0. The van der Waals surface area contributed by atoms with E-state index in [0.29, 0.717) is 6.54 Å². The van der Waals surface area contributed by atoms with E-state index >= 15 is 0 Å². The molecule has 9 nitrogen and oxygen atoms in total. The molecule has 0 aliphatic heterocycles. The number of phenolic OH excluding ortho intramolecular Hbond substituents is 1. The Morgan fingerprint density at radius 1 is 1.09 bits per heavy atom. The summed E-state index contributed by atoms with van der Waals surface area (Å²) < 4.78 is 0. The van der Waals surface area contributed by atoms with E-state index in [4.69, 9.17) is 25.5 Å². The topological polar surface area (TPSA) is 168 Å². The van der Waals surface area contributed by atoms with Gasteiger partial charge in [-0.05, 0) is 24.7 Å². The van der Waals surface area contributed by atoms with Crippen LogP contribution in [-0.2, 0) is 9.59 Å². The van der Waals surface area contributed by atoms with Gasteiger partial charge in [0.25, 0.3) is 0 Å². The second-order valence-electron chi connectivity index (χ2n) is 4.23. The quantitative estimate of drug-likeness (QED) is 0.331. The summed E-state index contributed by atoms with van der Waals surface area (Å²) in [7, 11) is 1.77. The highest BCUT2D eigenvalue weighted by Gasteiger charge is 2.29. The summed E-state index contributed by atoms with van der Waals surface area (Å²) in [6.45, 7) is 0.490. The molecule has 0 heterocycles. The first-order valence-electron chi connectivity index (χ1n) is 6.14. The first kappa shape index (κ1) is 19.8. The van der Waals surface area contributed by atoms with Crippen LogP contribution in [0.2, 0.25) is 0 Å². The number of carboxylic acids is 2. The average molecular weight is 317 g/mol. The van der Waals surface area contributed by atoms with Crippen molar-refractivity contribution in [3.05, 3.63) is 29.8 Å². The first-order valence-corrected chi connectivity index (χ1v) is 6.14. The molecular weight excluding hydrogens is 298 g/mol. The molecule has 9 heteroatoms. The van der Waals surface area contributed by atoms with E-state index < -0.39 is 30.3 Å². The van der Waals surface area contributed by atoms with Gasteiger partial charge in [0.2, 0.25) is 0 Å². The average Bonchev–Trinajstić information content (AvgIpc) is 2.46. The third-order valence-corrected chi connectivity index (χ3v) is 2.46. The van der Waals surface area contributed by atoms with Gasteiger partial charge in [0.15, 0.2) is 12.2 Å². The molecule has 0 aromatic heterocycles. The summed E-state index contributed by atoms with van der Waals surface area (Å²) in [4.78, 5) is 19.5. The van der Waals surface area contributed by atoms with Gasteiger partial charge in [-0.15, -0.1) is 0 Å². The van der Waals surface area contributed by atoms with Crippen molar-refractivity contribution in [2.75, 3.05) is 13.6 Å². The molecular formula is C13H19NO8. The fourth-order valence-corrected chi connectivity index (χ4v) is 1.31. The van der Waals surface area contributed by atoms with Crippen LogP contribution in [0.5, 0.6) is 5.75 Å². The molecule has 0 aliphatic carbocycles. The van der Waals surface area contributed by atoms with Crippen molar-refractivity contribution in [3.63, 3.8) is 0 Å². The van der Waals surface area contributed by atoms with Gasteiger partial charge in [-0.25, -0.2) is 9.59 Å². The largest absolute Gasteiger partial charge is 0.508 e. The summed E-state index contributed by atoms with van der Waals surface area (Å²) in [6.07, 6.45) is -5.09. The molecule has 0 bridgehead atoms. The number of aliphatic carboxylic acids is 2. The standard InChI is InChI=1S/C9H13NO2.C4H6O6/c1-10-6-9(12)7-3-2-4-8(11)5-7;5-1(3(7)8)2(6)4(9)10/h2-5,9-12H,6H2,1H3;1-2,5-6H,(H,7,8)(H,9,10)/t9-;1-,2-/m00/s1. The van der Waals surface area contributed by atoms with E-state index in [0.717, 1.165) is 5.56 Å². The van der Waals surface area contributed by atoms with Gasteiger partial charge in [0, 0.05) is 6.54 Å². The van der Waals surface area contributed by atoms with Gasteiger partial charge in [-0.3, -0.25) is 0 Å². The van der Waals surface area contributed by atoms with Crippen molar-refractivity contribution in [2.45, 2.75) is 18.3 Å². The van der Waals surface area contributed by atoms with Crippen molar-refractivity contribution < 1.29 is 40.2 Å². The van der Waals surface area contributed by atoms with Crippen LogP contribution >= 0.6 is 0 Å². The summed E-state index contributed by atoms with van der Waals surface area (Å²) in [5, 5.41) is 53.9. The summed E-state index contributed by atoms with van der Waals surface area (Å²) in [5.74, 6) is -3.35. The Morgan fingerprint density at radius 3 is 1.95 bits per heavy atom. The lowest BCUT2D eigenvalue weighted by molar-refractivity contribution is -0.165. The second kappa shape index (κ2) is 9.68. The van der Waals surface area contributed by atoms with Crippen LogP contribution < -0.4 is 5.32 Å². The van der Waals surface area contributed by atoms with Gasteiger partial charge in [-0.1, -0.05) is 12.1 Å². The molecule has 124 valence electrons. The summed E-state index contributed by atoms with van der Waals surface area (Å²) in [5.41, 5.74) is 0.726. The molecule has 0 radical (unpaired) electrons. The fourth-order valence-electron chi connectivity index (χ4n) is 1.31. The van der Waals surface area contributed by atoms with Crippen molar-refractivity contribution >= 4 is 11.9 Å². The minimum Gasteiger partial charge on any atom is -0.508 e. The van der Waals surface area contributed by atoms with E-state index in [9.17, 15) is 14.7 Å². The first-order chi connectivity index (χ1) is 10.2. The van der Waals surface area contributed by atoms with E-state index in [-0.39, 0.29) is 5.75 Å². The van der Waals surface area contributed by atoms with E-state index in [1.807, 2.05) is 0 Å². The Balaban J connectivity index is 0.000000409. The zero-order chi connectivity index (χ0) is 17.3. The molecule has 0 fully saturated rings. The lowest BCUT2D eigenvalue weighted by Gasteiger charge is -2.09. The Labute approximate surface area is 126 Å². The maximum Gasteiger partial charge on any atom is 0.335 e. The van der Waals surface area contributed by atoms with Gasteiger partial charge >= 0.3 is 11.9 Å². The molecule has 0 amide bonds. The van der Waals surface area contributed by atoms with Crippen LogP contribution in [-0.4, -0.2) is 68.4 Å². The van der Waals surface area contributed by atoms with E-state index in [1.165, 1.54) is 0 Å². The van der Waals surface area contributed by atoms with Gasteiger partial charge in [-0.2, -0.15) is 0 Å². The van der Waals surface area contributed by atoms with Crippen LogP contribution in [0.3, 0.4) is 0 Å². The zero-order valence-electron chi connectivity index (χ0n) is 11.7. The van der Waals surface area contributed by atoms with Crippen molar-refractivity contribution in [1.29, 1.82) is 0 Å². The maximum absolute atomic E-state index is 9.77. The Bertz CT molecular complexity index is 475.